The molecule has 0 N–H and O–H groups in total. The highest BCUT2D eigenvalue weighted by atomic mass is 16.2. The number of rotatable bonds is 1. The fourth-order valence-corrected chi connectivity index (χ4v) is 4.40. The summed E-state index contributed by atoms with van der Waals surface area (Å²) in [4.78, 5) is 25.3. The average Bonchev–Trinajstić information content (AvgIpc) is 3.06. The number of Topliss-reactive ketones (excluding diaryl/α,β-unsaturated/α-hetero) is 2. The van der Waals surface area contributed by atoms with Crippen molar-refractivity contribution in [3.63, 3.8) is 0 Å². The molecule has 0 atom stereocenters. The quantitative estimate of drug-likeness (QED) is 0.432. The van der Waals surface area contributed by atoms with E-state index in [0.29, 0.717) is 11.1 Å². The molecule has 0 saturated heterocycles. The molecule has 3 aromatic rings. The minimum absolute atomic E-state index is 0.0488. The summed E-state index contributed by atoms with van der Waals surface area (Å²) in [6, 6.07) is 21.7. The van der Waals surface area contributed by atoms with Crippen molar-refractivity contribution in [1.82, 2.24) is 0 Å². The van der Waals surface area contributed by atoms with Crippen LogP contribution in [0.3, 0.4) is 0 Å². The molecule has 2 nitrogen and oxygen atoms in total. The Morgan fingerprint density at radius 2 is 1.22 bits per heavy atom. The Hall–Kier alpha value is -3.26. The third-order valence-corrected chi connectivity index (χ3v) is 5.82. The van der Waals surface area contributed by atoms with Gasteiger partial charge in [0.15, 0.2) is 11.6 Å². The molecule has 130 valence electrons. The van der Waals surface area contributed by atoms with Crippen molar-refractivity contribution in [2.24, 2.45) is 0 Å². The first kappa shape index (κ1) is 16.0. The van der Waals surface area contributed by atoms with Gasteiger partial charge in [-0.05, 0) is 40.0 Å². The molecule has 3 aromatic carbocycles. The third kappa shape index (κ3) is 2.13. The molecule has 0 spiro atoms. The highest BCUT2D eigenvalue weighted by Crippen LogP contribution is 2.48. The second kappa shape index (κ2) is 5.37. The summed E-state index contributed by atoms with van der Waals surface area (Å²) < 4.78 is 0. The van der Waals surface area contributed by atoms with Crippen LogP contribution >= 0.6 is 0 Å². The van der Waals surface area contributed by atoms with Gasteiger partial charge in [0.25, 0.3) is 0 Å². The third-order valence-electron chi connectivity index (χ3n) is 5.82. The zero-order chi connectivity index (χ0) is 18.8. The first-order valence-electron chi connectivity index (χ1n) is 9.13. The number of hydrogen-bond acceptors (Lipinski definition) is 2. The molecule has 0 saturated carbocycles. The number of fused-ring (bicyclic) bond motifs is 4. The van der Waals surface area contributed by atoms with Gasteiger partial charge in [0.1, 0.15) is 0 Å². The second-order valence-corrected chi connectivity index (χ2v) is 7.74. The van der Waals surface area contributed by atoms with Crippen LogP contribution in [0, 0.1) is 0 Å². The number of benzene rings is 3. The second-order valence-electron chi connectivity index (χ2n) is 7.74. The van der Waals surface area contributed by atoms with Gasteiger partial charge in [-0.2, -0.15) is 0 Å². The predicted octanol–water partition coefficient (Wildman–Crippen LogP) is 5.46. The van der Waals surface area contributed by atoms with E-state index in [1.165, 1.54) is 22.3 Å². The standard InChI is InChI=1S/C25H18O2/c1-25(2)21-10-6-5-7-16(21)19-13-15(11-12-22(19)25)14-20-23(26)17-8-3-4-9-18(17)24(20)27/h3-14H,1-2H3. The smallest absolute Gasteiger partial charge is 0.197 e. The van der Waals surface area contributed by atoms with Gasteiger partial charge in [-0.15, -0.1) is 0 Å². The van der Waals surface area contributed by atoms with Crippen LogP contribution < -0.4 is 0 Å². The zero-order valence-electron chi connectivity index (χ0n) is 15.2. The van der Waals surface area contributed by atoms with Crippen molar-refractivity contribution in [3.05, 3.63) is 100 Å². The van der Waals surface area contributed by atoms with E-state index in [-0.39, 0.29) is 22.6 Å². The molecule has 0 amide bonds. The van der Waals surface area contributed by atoms with Gasteiger partial charge in [0.2, 0.25) is 0 Å². The van der Waals surface area contributed by atoms with Crippen LogP contribution in [0.15, 0.2) is 72.3 Å². The highest BCUT2D eigenvalue weighted by Gasteiger charge is 2.36. The van der Waals surface area contributed by atoms with Crippen LogP contribution in [-0.2, 0) is 5.41 Å². The number of ketones is 2. The molecule has 2 heteroatoms. The number of carbonyl (C=O) groups excluding carboxylic acids is 2. The maximum absolute atomic E-state index is 12.7. The van der Waals surface area contributed by atoms with E-state index in [2.05, 4.69) is 50.2 Å². The highest BCUT2D eigenvalue weighted by molar-refractivity contribution is 6.41. The lowest BCUT2D eigenvalue weighted by atomic mass is 9.82. The van der Waals surface area contributed by atoms with E-state index < -0.39 is 0 Å². The maximum atomic E-state index is 12.7. The Morgan fingerprint density at radius 1 is 0.667 bits per heavy atom. The van der Waals surface area contributed by atoms with Gasteiger partial charge in [-0.25, -0.2) is 0 Å². The normalized spacial score (nSPS) is 16.1. The van der Waals surface area contributed by atoms with Crippen molar-refractivity contribution in [2.45, 2.75) is 19.3 Å². The first-order valence-corrected chi connectivity index (χ1v) is 9.13. The van der Waals surface area contributed by atoms with Gasteiger partial charge in [0, 0.05) is 16.5 Å². The van der Waals surface area contributed by atoms with Crippen molar-refractivity contribution in [2.75, 3.05) is 0 Å². The molecule has 2 aliphatic carbocycles. The molecular formula is C25H18O2. The summed E-state index contributed by atoms with van der Waals surface area (Å²) in [7, 11) is 0. The largest absolute Gasteiger partial charge is 0.288 e. The summed E-state index contributed by atoms with van der Waals surface area (Å²) in [6.07, 6.45) is 1.74. The molecule has 0 radical (unpaired) electrons. The van der Waals surface area contributed by atoms with E-state index in [1.807, 2.05) is 6.07 Å². The van der Waals surface area contributed by atoms with E-state index in [1.54, 1.807) is 30.3 Å². The molecule has 0 heterocycles. The van der Waals surface area contributed by atoms with Crippen molar-refractivity contribution in [3.8, 4) is 11.1 Å². The van der Waals surface area contributed by atoms with Gasteiger partial charge >= 0.3 is 0 Å². The van der Waals surface area contributed by atoms with Gasteiger partial charge in [-0.3, -0.25) is 9.59 Å². The van der Waals surface area contributed by atoms with Gasteiger partial charge in [-0.1, -0.05) is 74.5 Å². The Kier molecular flexibility index (Phi) is 3.17. The van der Waals surface area contributed by atoms with Crippen LogP contribution in [0.1, 0.15) is 51.3 Å². The van der Waals surface area contributed by atoms with Gasteiger partial charge < -0.3 is 0 Å². The van der Waals surface area contributed by atoms with Crippen molar-refractivity contribution < 1.29 is 9.59 Å². The minimum atomic E-state index is -0.183. The Labute approximate surface area is 158 Å². The molecule has 5 rings (SSSR count). The average molecular weight is 350 g/mol. The van der Waals surface area contributed by atoms with E-state index in [9.17, 15) is 9.59 Å². The van der Waals surface area contributed by atoms with E-state index in [4.69, 9.17) is 0 Å². The topological polar surface area (TPSA) is 34.1 Å². The van der Waals surface area contributed by atoms with Crippen LogP contribution in [0.4, 0.5) is 0 Å². The number of hydrogen-bond donors (Lipinski definition) is 0. The molecular weight excluding hydrogens is 332 g/mol. The first-order chi connectivity index (χ1) is 13.0. The van der Waals surface area contributed by atoms with E-state index >= 15 is 0 Å². The Morgan fingerprint density at radius 3 is 1.89 bits per heavy atom. The summed E-state index contributed by atoms with van der Waals surface area (Å²) in [5.74, 6) is -0.367. The molecule has 0 fully saturated rings. The number of carbonyl (C=O) groups is 2. The molecule has 0 aliphatic heterocycles. The Bertz CT molecular complexity index is 1140. The fourth-order valence-electron chi connectivity index (χ4n) is 4.40. The zero-order valence-corrected chi connectivity index (χ0v) is 15.2. The lowest BCUT2D eigenvalue weighted by Crippen LogP contribution is -2.14. The summed E-state index contributed by atoms with van der Waals surface area (Å²) in [6.45, 7) is 4.47. The van der Waals surface area contributed by atoms with E-state index in [0.717, 1.165) is 5.56 Å². The summed E-state index contributed by atoms with van der Waals surface area (Å²) in [5, 5.41) is 0. The molecule has 0 bridgehead atoms. The maximum Gasteiger partial charge on any atom is 0.197 e. The molecule has 27 heavy (non-hydrogen) atoms. The van der Waals surface area contributed by atoms with Gasteiger partial charge in [0.05, 0.1) is 5.57 Å². The lowest BCUT2D eigenvalue weighted by Gasteiger charge is -2.21. The molecule has 0 aromatic heterocycles. The predicted molar refractivity (Wildman–Crippen MR) is 107 cm³/mol. The van der Waals surface area contributed by atoms with Crippen LogP contribution in [-0.4, -0.2) is 11.6 Å². The van der Waals surface area contributed by atoms with Crippen LogP contribution in [0.2, 0.25) is 0 Å². The van der Waals surface area contributed by atoms with Crippen LogP contribution in [0.5, 0.6) is 0 Å². The lowest BCUT2D eigenvalue weighted by molar-refractivity contribution is 0.0990. The summed E-state index contributed by atoms with van der Waals surface area (Å²) >= 11 is 0. The molecule has 0 unspecified atom stereocenters. The van der Waals surface area contributed by atoms with Crippen LogP contribution in [0.25, 0.3) is 17.2 Å². The minimum Gasteiger partial charge on any atom is -0.288 e. The van der Waals surface area contributed by atoms with Crippen molar-refractivity contribution >= 4 is 17.6 Å². The number of allylic oxidation sites excluding steroid dienone is 1. The fraction of sp³-hybridized carbons (Fsp3) is 0.120. The summed E-state index contributed by atoms with van der Waals surface area (Å²) in [5.41, 5.74) is 7.08. The Balaban J connectivity index is 1.64. The monoisotopic (exact) mass is 350 g/mol. The molecule has 2 aliphatic rings. The SMILES string of the molecule is CC1(C)c2ccccc2-c2cc(C=C3C(=O)c4ccccc4C3=O)ccc21. The van der Waals surface area contributed by atoms with Crippen molar-refractivity contribution in [1.29, 1.82) is 0 Å².